The zero-order chi connectivity index (χ0) is 8.43. The predicted molar refractivity (Wildman–Crippen MR) is 37.4 cm³/mol. The Bertz CT molecular complexity index is 190. The molecule has 0 unspecified atom stereocenters. The summed E-state index contributed by atoms with van der Waals surface area (Å²) in [4.78, 5) is 21.4. The molecule has 2 atom stereocenters. The van der Waals surface area contributed by atoms with Crippen LogP contribution in [0.1, 0.15) is 13.3 Å². The molecular weight excluding hydrogens is 146 g/mol. The molecule has 62 valence electrons. The Morgan fingerprint density at radius 2 is 2.18 bits per heavy atom. The molecule has 2 N–H and O–H groups in total. The van der Waals surface area contributed by atoms with E-state index in [1.807, 2.05) is 0 Å². The highest BCUT2D eigenvalue weighted by Crippen LogP contribution is 2.38. The normalized spacial score (nSPS) is 27.7. The summed E-state index contributed by atoms with van der Waals surface area (Å²) in [5.74, 6) is -1.22. The van der Waals surface area contributed by atoms with E-state index in [4.69, 9.17) is 10.5 Å². The van der Waals surface area contributed by atoms with Gasteiger partial charge in [0.2, 0.25) is 5.91 Å². The smallest absolute Gasteiger partial charge is 0.309 e. The SMILES string of the molecule is CCOC(=O)[C@H]1C[C@@H]1C(N)=O. The van der Waals surface area contributed by atoms with Gasteiger partial charge in [-0.2, -0.15) is 0 Å². The summed E-state index contributed by atoms with van der Waals surface area (Å²) in [5.41, 5.74) is 4.98. The van der Waals surface area contributed by atoms with Crippen LogP contribution in [0.2, 0.25) is 0 Å². The van der Waals surface area contributed by atoms with Gasteiger partial charge in [-0.3, -0.25) is 9.59 Å². The second kappa shape index (κ2) is 2.90. The number of nitrogens with two attached hydrogens (primary N) is 1. The van der Waals surface area contributed by atoms with Crippen LogP contribution in [0.4, 0.5) is 0 Å². The summed E-state index contributed by atoms with van der Waals surface area (Å²) in [6.45, 7) is 2.10. The van der Waals surface area contributed by atoms with Gasteiger partial charge in [0, 0.05) is 0 Å². The Labute approximate surface area is 64.7 Å². The molecule has 1 aliphatic carbocycles. The summed E-state index contributed by atoms with van der Waals surface area (Å²) >= 11 is 0. The molecule has 1 amide bonds. The van der Waals surface area contributed by atoms with Gasteiger partial charge in [0.25, 0.3) is 0 Å². The second-order valence-electron chi connectivity index (χ2n) is 2.60. The molecule has 0 aromatic carbocycles. The number of carbonyl (C=O) groups is 2. The fraction of sp³-hybridized carbons (Fsp3) is 0.714. The summed E-state index contributed by atoms with van der Waals surface area (Å²) in [7, 11) is 0. The van der Waals surface area contributed by atoms with Crippen molar-refractivity contribution in [2.45, 2.75) is 13.3 Å². The third kappa shape index (κ3) is 1.69. The van der Waals surface area contributed by atoms with Crippen LogP contribution in [0.15, 0.2) is 0 Å². The van der Waals surface area contributed by atoms with Crippen molar-refractivity contribution in [2.24, 2.45) is 17.6 Å². The number of rotatable bonds is 3. The van der Waals surface area contributed by atoms with E-state index in [-0.39, 0.29) is 17.8 Å². The van der Waals surface area contributed by atoms with Crippen molar-refractivity contribution >= 4 is 11.9 Å². The van der Waals surface area contributed by atoms with Gasteiger partial charge in [-0.05, 0) is 13.3 Å². The standard InChI is InChI=1S/C7H11NO3/c1-2-11-7(10)5-3-4(5)6(8)9/h4-5H,2-3H2,1H3,(H2,8,9)/t4-,5-/m0/s1. The topological polar surface area (TPSA) is 69.4 Å². The summed E-state index contributed by atoms with van der Waals surface area (Å²) in [5, 5.41) is 0. The molecule has 0 aromatic heterocycles. The van der Waals surface area contributed by atoms with Crippen molar-refractivity contribution < 1.29 is 14.3 Å². The molecule has 11 heavy (non-hydrogen) atoms. The lowest BCUT2D eigenvalue weighted by atomic mass is 10.3. The number of carbonyl (C=O) groups excluding carboxylic acids is 2. The fourth-order valence-electron chi connectivity index (χ4n) is 1.02. The van der Waals surface area contributed by atoms with E-state index in [1.54, 1.807) is 6.92 Å². The Hall–Kier alpha value is -1.06. The van der Waals surface area contributed by atoms with Crippen LogP contribution in [0.5, 0.6) is 0 Å². The minimum Gasteiger partial charge on any atom is -0.466 e. The Kier molecular flexibility index (Phi) is 2.12. The van der Waals surface area contributed by atoms with Gasteiger partial charge in [-0.15, -0.1) is 0 Å². The van der Waals surface area contributed by atoms with Crippen molar-refractivity contribution in [3.8, 4) is 0 Å². The van der Waals surface area contributed by atoms with E-state index >= 15 is 0 Å². The highest BCUT2D eigenvalue weighted by atomic mass is 16.5. The van der Waals surface area contributed by atoms with Crippen molar-refractivity contribution in [3.05, 3.63) is 0 Å². The van der Waals surface area contributed by atoms with Crippen molar-refractivity contribution in [3.63, 3.8) is 0 Å². The third-order valence-corrected chi connectivity index (χ3v) is 1.75. The molecule has 0 saturated heterocycles. The number of ether oxygens (including phenoxy) is 1. The number of hydrogen-bond acceptors (Lipinski definition) is 3. The first kappa shape index (κ1) is 8.04. The van der Waals surface area contributed by atoms with Gasteiger partial charge in [0.15, 0.2) is 0 Å². The van der Waals surface area contributed by atoms with Gasteiger partial charge >= 0.3 is 5.97 Å². The van der Waals surface area contributed by atoms with Gasteiger partial charge in [0.05, 0.1) is 18.4 Å². The summed E-state index contributed by atoms with van der Waals surface area (Å²) in [6, 6.07) is 0. The lowest BCUT2D eigenvalue weighted by Crippen LogP contribution is -2.17. The van der Waals surface area contributed by atoms with Crippen LogP contribution in [-0.4, -0.2) is 18.5 Å². The fourth-order valence-corrected chi connectivity index (χ4v) is 1.02. The first-order valence-electron chi connectivity index (χ1n) is 3.62. The predicted octanol–water partition coefficient (Wildman–Crippen LogP) is -0.329. The molecule has 0 bridgehead atoms. The van der Waals surface area contributed by atoms with Crippen LogP contribution < -0.4 is 5.73 Å². The highest BCUT2D eigenvalue weighted by molar-refractivity contribution is 5.89. The molecule has 1 rings (SSSR count). The van der Waals surface area contributed by atoms with Gasteiger partial charge < -0.3 is 10.5 Å². The van der Waals surface area contributed by atoms with Crippen LogP contribution >= 0.6 is 0 Å². The molecular formula is C7H11NO3. The zero-order valence-corrected chi connectivity index (χ0v) is 6.37. The average molecular weight is 157 g/mol. The number of amides is 1. The molecule has 0 heterocycles. The molecule has 1 fully saturated rings. The first-order chi connectivity index (χ1) is 5.16. The van der Waals surface area contributed by atoms with E-state index in [0.29, 0.717) is 13.0 Å². The van der Waals surface area contributed by atoms with Crippen molar-refractivity contribution in [1.29, 1.82) is 0 Å². The summed E-state index contributed by atoms with van der Waals surface area (Å²) < 4.78 is 4.70. The van der Waals surface area contributed by atoms with Crippen molar-refractivity contribution in [1.82, 2.24) is 0 Å². The molecule has 4 heteroatoms. The lowest BCUT2D eigenvalue weighted by Gasteiger charge is -1.97. The zero-order valence-electron chi connectivity index (χ0n) is 6.37. The minimum absolute atomic E-state index is 0.257. The average Bonchev–Trinajstić information content (AvgIpc) is 2.65. The molecule has 0 aliphatic heterocycles. The highest BCUT2D eigenvalue weighted by Gasteiger charge is 2.48. The Morgan fingerprint density at radius 3 is 2.55 bits per heavy atom. The second-order valence-corrected chi connectivity index (χ2v) is 2.60. The largest absolute Gasteiger partial charge is 0.466 e. The Morgan fingerprint density at radius 1 is 1.55 bits per heavy atom. The van der Waals surface area contributed by atoms with Crippen LogP contribution in [0.3, 0.4) is 0 Å². The summed E-state index contributed by atoms with van der Waals surface area (Å²) in [6.07, 6.45) is 0.564. The number of esters is 1. The molecule has 4 nitrogen and oxygen atoms in total. The van der Waals surface area contributed by atoms with Crippen LogP contribution in [0.25, 0.3) is 0 Å². The Balaban J connectivity index is 2.32. The van der Waals surface area contributed by atoms with E-state index in [0.717, 1.165) is 0 Å². The van der Waals surface area contributed by atoms with Gasteiger partial charge in [0.1, 0.15) is 0 Å². The lowest BCUT2D eigenvalue weighted by molar-refractivity contribution is -0.145. The molecule has 0 radical (unpaired) electrons. The monoisotopic (exact) mass is 157 g/mol. The maximum absolute atomic E-state index is 10.9. The third-order valence-electron chi connectivity index (χ3n) is 1.75. The van der Waals surface area contributed by atoms with E-state index in [9.17, 15) is 9.59 Å². The van der Waals surface area contributed by atoms with E-state index in [2.05, 4.69) is 0 Å². The van der Waals surface area contributed by atoms with Crippen LogP contribution in [-0.2, 0) is 14.3 Å². The first-order valence-corrected chi connectivity index (χ1v) is 3.62. The van der Waals surface area contributed by atoms with Gasteiger partial charge in [-0.25, -0.2) is 0 Å². The quantitative estimate of drug-likeness (QED) is 0.570. The molecule has 0 aromatic rings. The molecule has 1 saturated carbocycles. The van der Waals surface area contributed by atoms with Crippen LogP contribution in [0, 0.1) is 11.8 Å². The van der Waals surface area contributed by atoms with E-state index < -0.39 is 5.91 Å². The molecule has 1 aliphatic rings. The maximum atomic E-state index is 10.9. The number of primary amides is 1. The maximum Gasteiger partial charge on any atom is 0.309 e. The van der Waals surface area contributed by atoms with E-state index in [1.165, 1.54) is 0 Å². The van der Waals surface area contributed by atoms with Crippen molar-refractivity contribution in [2.75, 3.05) is 6.61 Å². The van der Waals surface area contributed by atoms with Gasteiger partial charge in [-0.1, -0.05) is 0 Å². The minimum atomic E-state index is -0.400. The number of hydrogen-bond donors (Lipinski definition) is 1. The molecule has 0 spiro atoms.